The molecule has 0 bridgehead atoms. The Bertz CT molecular complexity index is 504. The van der Waals surface area contributed by atoms with Crippen molar-refractivity contribution in [2.75, 3.05) is 45.9 Å². The lowest BCUT2D eigenvalue weighted by Gasteiger charge is -2.32. The van der Waals surface area contributed by atoms with Crippen LogP contribution in [0, 0.1) is 0 Å². The highest BCUT2D eigenvalue weighted by Crippen LogP contribution is 2.12. The predicted octanol–water partition coefficient (Wildman–Crippen LogP) is -2.65. The van der Waals surface area contributed by atoms with Gasteiger partial charge in [-0.2, -0.15) is 0 Å². The largest absolute Gasteiger partial charge is 1.00 e. The molecule has 2 rings (SSSR count). The summed E-state index contributed by atoms with van der Waals surface area (Å²) in [6, 6.07) is 7.97. The molecule has 1 unspecified atom stereocenters. The summed E-state index contributed by atoms with van der Waals surface area (Å²) in [4.78, 5) is 14.7. The molecule has 0 aromatic heterocycles. The van der Waals surface area contributed by atoms with Crippen LogP contribution in [0.1, 0.15) is 19.4 Å². The normalized spacial score (nSPS) is 16.0. The van der Waals surface area contributed by atoms with Crippen molar-refractivity contribution in [2.45, 2.75) is 26.4 Å². The number of halogens is 1. The van der Waals surface area contributed by atoms with Crippen LogP contribution in [-0.2, 0) is 11.2 Å². The van der Waals surface area contributed by atoms with E-state index in [9.17, 15) is 9.90 Å². The minimum atomic E-state index is -0.514. The van der Waals surface area contributed by atoms with E-state index in [1.54, 1.807) is 4.90 Å². The zero-order chi connectivity index (χ0) is 17.4. The molecule has 1 aliphatic rings. The van der Waals surface area contributed by atoms with Crippen LogP contribution in [0.15, 0.2) is 24.3 Å². The van der Waals surface area contributed by atoms with E-state index in [-0.39, 0.29) is 25.1 Å². The summed E-state index contributed by atoms with van der Waals surface area (Å²) >= 11 is 0. The molecule has 0 radical (unpaired) electrons. The Labute approximate surface area is 156 Å². The molecule has 142 valence electrons. The lowest BCUT2D eigenvalue weighted by molar-refractivity contribution is -0.907. The van der Waals surface area contributed by atoms with Crippen molar-refractivity contribution in [1.82, 2.24) is 4.90 Å². The molecular formula is C18H29ClN2O4. The molecule has 1 aromatic carbocycles. The highest BCUT2D eigenvalue weighted by molar-refractivity contribution is 5.67. The molecule has 1 aliphatic heterocycles. The van der Waals surface area contributed by atoms with Crippen LogP contribution in [0.4, 0.5) is 4.79 Å². The quantitative estimate of drug-likeness (QED) is 0.549. The first-order valence-electron chi connectivity index (χ1n) is 8.77. The van der Waals surface area contributed by atoms with E-state index in [0.717, 1.165) is 25.3 Å². The van der Waals surface area contributed by atoms with Crippen LogP contribution in [0.2, 0.25) is 0 Å². The van der Waals surface area contributed by atoms with Crippen LogP contribution >= 0.6 is 0 Å². The highest BCUT2D eigenvalue weighted by atomic mass is 35.5. The van der Waals surface area contributed by atoms with E-state index >= 15 is 0 Å². The van der Waals surface area contributed by atoms with Gasteiger partial charge < -0.3 is 31.9 Å². The van der Waals surface area contributed by atoms with Gasteiger partial charge in [-0.1, -0.05) is 19.1 Å². The van der Waals surface area contributed by atoms with Gasteiger partial charge in [0.2, 0.25) is 0 Å². The number of rotatable bonds is 7. The molecule has 6 nitrogen and oxygen atoms in total. The molecular weight excluding hydrogens is 344 g/mol. The van der Waals surface area contributed by atoms with Crippen molar-refractivity contribution in [3.8, 4) is 5.75 Å². The maximum absolute atomic E-state index is 11.7. The van der Waals surface area contributed by atoms with Crippen molar-refractivity contribution in [3.63, 3.8) is 0 Å². The summed E-state index contributed by atoms with van der Waals surface area (Å²) in [6.45, 7) is 8.22. The number of carbonyl (C=O) groups excluding carboxylic acids is 1. The Morgan fingerprint density at radius 1 is 1.24 bits per heavy atom. The van der Waals surface area contributed by atoms with Gasteiger partial charge in [0.25, 0.3) is 0 Å². The fourth-order valence-corrected chi connectivity index (χ4v) is 2.83. The van der Waals surface area contributed by atoms with Crippen molar-refractivity contribution < 1.29 is 36.7 Å². The fourth-order valence-electron chi connectivity index (χ4n) is 2.83. The fraction of sp³-hybridized carbons (Fsp3) is 0.611. The average Bonchev–Trinajstić information content (AvgIpc) is 2.61. The molecule has 1 heterocycles. The molecule has 1 fully saturated rings. The van der Waals surface area contributed by atoms with Crippen molar-refractivity contribution in [2.24, 2.45) is 0 Å². The SMILES string of the molecule is CCOC(=O)N1CC[NH+](CC(O)COc2ccc(CC)cc2)CC1.[Cl-]. The highest BCUT2D eigenvalue weighted by Gasteiger charge is 2.26. The lowest BCUT2D eigenvalue weighted by Crippen LogP contribution is -3.16. The molecule has 1 saturated heterocycles. The van der Waals surface area contributed by atoms with Gasteiger partial charge in [0, 0.05) is 0 Å². The third kappa shape index (κ3) is 7.10. The summed E-state index contributed by atoms with van der Waals surface area (Å²) in [7, 11) is 0. The van der Waals surface area contributed by atoms with Gasteiger partial charge in [-0.05, 0) is 31.0 Å². The van der Waals surface area contributed by atoms with Gasteiger partial charge in [0.05, 0.1) is 32.8 Å². The van der Waals surface area contributed by atoms with Crippen LogP contribution < -0.4 is 22.0 Å². The third-order valence-electron chi connectivity index (χ3n) is 4.29. The number of aliphatic hydroxyl groups excluding tert-OH is 1. The first-order chi connectivity index (χ1) is 11.6. The Morgan fingerprint density at radius 3 is 2.44 bits per heavy atom. The smallest absolute Gasteiger partial charge is 0.410 e. The maximum atomic E-state index is 11.7. The zero-order valence-corrected chi connectivity index (χ0v) is 15.8. The molecule has 0 saturated carbocycles. The number of carbonyl (C=O) groups is 1. The van der Waals surface area contributed by atoms with E-state index < -0.39 is 6.10 Å². The number of hydrogen-bond donors (Lipinski definition) is 2. The number of aliphatic hydroxyl groups is 1. The molecule has 7 heteroatoms. The lowest BCUT2D eigenvalue weighted by atomic mass is 10.2. The second-order valence-corrected chi connectivity index (χ2v) is 6.10. The predicted molar refractivity (Wildman–Crippen MR) is 91.5 cm³/mol. The number of hydrogen-bond acceptors (Lipinski definition) is 4. The number of nitrogens with one attached hydrogen (secondary N) is 1. The average molecular weight is 373 g/mol. The zero-order valence-electron chi connectivity index (χ0n) is 15.0. The Balaban J connectivity index is 0.00000312. The summed E-state index contributed by atoms with van der Waals surface area (Å²) in [5.74, 6) is 0.786. The van der Waals surface area contributed by atoms with Crippen molar-refractivity contribution in [3.05, 3.63) is 29.8 Å². The third-order valence-corrected chi connectivity index (χ3v) is 4.29. The van der Waals surface area contributed by atoms with Gasteiger partial charge in [0.1, 0.15) is 25.0 Å². The molecule has 1 aromatic rings. The number of piperazine rings is 1. The first-order valence-corrected chi connectivity index (χ1v) is 8.77. The Morgan fingerprint density at radius 2 is 1.88 bits per heavy atom. The van der Waals surface area contributed by atoms with E-state index in [0.29, 0.717) is 26.2 Å². The molecule has 0 spiro atoms. The van der Waals surface area contributed by atoms with Crippen LogP contribution in [0.3, 0.4) is 0 Å². The number of amides is 1. The van der Waals surface area contributed by atoms with Gasteiger partial charge in [-0.25, -0.2) is 4.79 Å². The van der Waals surface area contributed by atoms with Gasteiger partial charge in [-0.15, -0.1) is 0 Å². The van der Waals surface area contributed by atoms with E-state index in [1.165, 1.54) is 10.5 Å². The summed E-state index contributed by atoms with van der Waals surface area (Å²) in [6.07, 6.45) is 0.250. The summed E-state index contributed by atoms with van der Waals surface area (Å²) in [5, 5.41) is 10.2. The van der Waals surface area contributed by atoms with Crippen molar-refractivity contribution >= 4 is 6.09 Å². The van der Waals surface area contributed by atoms with E-state index in [2.05, 4.69) is 6.92 Å². The number of aryl methyl sites for hydroxylation is 1. The number of ether oxygens (including phenoxy) is 2. The maximum Gasteiger partial charge on any atom is 0.410 e. The van der Waals surface area contributed by atoms with Crippen LogP contribution in [0.5, 0.6) is 5.75 Å². The Hall–Kier alpha value is -1.50. The second-order valence-electron chi connectivity index (χ2n) is 6.10. The van der Waals surface area contributed by atoms with Crippen LogP contribution in [0.25, 0.3) is 0 Å². The van der Waals surface area contributed by atoms with Crippen LogP contribution in [-0.4, -0.2) is 68.1 Å². The minimum absolute atomic E-state index is 0. The molecule has 1 atom stereocenters. The van der Waals surface area contributed by atoms with Crippen molar-refractivity contribution in [1.29, 1.82) is 0 Å². The summed E-state index contributed by atoms with van der Waals surface area (Å²) in [5.41, 5.74) is 1.27. The number of nitrogens with zero attached hydrogens (tertiary/aromatic N) is 1. The van der Waals surface area contributed by atoms with E-state index in [4.69, 9.17) is 9.47 Å². The number of quaternary nitrogens is 1. The van der Waals surface area contributed by atoms with Gasteiger partial charge in [0.15, 0.2) is 0 Å². The summed E-state index contributed by atoms with van der Waals surface area (Å²) < 4.78 is 10.7. The number of benzene rings is 1. The second kappa shape index (κ2) is 11.2. The molecule has 1 amide bonds. The Kier molecular flexibility index (Phi) is 9.63. The van der Waals surface area contributed by atoms with Gasteiger partial charge >= 0.3 is 6.09 Å². The minimum Gasteiger partial charge on any atom is -1.00 e. The van der Waals surface area contributed by atoms with Gasteiger partial charge in [-0.3, -0.25) is 4.90 Å². The molecule has 2 N–H and O–H groups in total. The molecule has 25 heavy (non-hydrogen) atoms. The monoisotopic (exact) mass is 372 g/mol. The topological polar surface area (TPSA) is 63.4 Å². The molecule has 0 aliphatic carbocycles. The standard InChI is InChI=1S/C18H28N2O4.ClH/c1-3-15-5-7-17(8-6-15)24-14-16(21)13-19-9-11-20(12-10-19)18(22)23-4-2;/h5-8,16,21H,3-4,9-14H2,1-2H3;1H. The first kappa shape index (κ1) is 21.5. The van der Waals surface area contributed by atoms with E-state index in [1.807, 2.05) is 31.2 Å².